The molecule has 15 heteroatoms. The van der Waals surface area contributed by atoms with Crippen LogP contribution in [0.5, 0.6) is 5.75 Å². The first-order chi connectivity index (χ1) is 20.2. The molecule has 6 atom stereocenters. The number of carbonyl (C=O) groups is 1. The maximum atomic E-state index is 14.5. The molecule has 2 aliphatic rings. The Morgan fingerprint density at radius 3 is 2.81 bits per heavy atom. The minimum absolute atomic E-state index is 0.187. The van der Waals surface area contributed by atoms with Crippen LogP contribution in [0.3, 0.4) is 0 Å². The number of nitrogen functional groups attached to an aromatic ring is 1. The Labute approximate surface area is 242 Å². The van der Waals surface area contributed by atoms with Gasteiger partial charge in [0.05, 0.1) is 12.3 Å². The second-order valence-electron chi connectivity index (χ2n) is 10.2. The number of carbonyl (C=O) groups excluding carboxylic acids is 1. The lowest BCUT2D eigenvalue weighted by Gasteiger charge is -2.33. The van der Waals surface area contributed by atoms with E-state index in [-0.39, 0.29) is 24.7 Å². The number of benzene rings is 1. The first-order valence-corrected chi connectivity index (χ1v) is 15.2. The molecule has 224 valence electrons. The number of nitrogens with zero attached hydrogens (tertiary/aromatic N) is 5. The van der Waals surface area contributed by atoms with Crippen molar-refractivity contribution < 1.29 is 38.1 Å². The summed E-state index contributed by atoms with van der Waals surface area (Å²) < 4.78 is 40.3. The molecule has 0 amide bonds. The van der Waals surface area contributed by atoms with Gasteiger partial charge in [0, 0.05) is 6.54 Å². The zero-order valence-electron chi connectivity index (χ0n) is 23.0. The van der Waals surface area contributed by atoms with Crippen LogP contribution < -0.4 is 10.3 Å². The molecule has 0 radical (unpaired) electrons. The van der Waals surface area contributed by atoms with E-state index in [1.54, 1.807) is 42.5 Å². The third kappa shape index (κ3) is 5.59. The number of hydrogen-bond acceptors (Lipinski definition) is 12. The van der Waals surface area contributed by atoms with Crippen LogP contribution in [0.15, 0.2) is 48.8 Å². The first kappa shape index (κ1) is 29.9. The van der Waals surface area contributed by atoms with Gasteiger partial charge in [-0.05, 0) is 43.5 Å². The molecule has 14 nitrogen and oxygen atoms in total. The second kappa shape index (κ2) is 12.3. The van der Waals surface area contributed by atoms with E-state index < -0.39 is 50.3 Å². The van der Waals surface area contributed by atoms with Crippen molar-refractivity contribution in [2.24, 2.45) is 0 Å². The van der Waals surface area contributed by atoms with Crippen LogP contribution in [0.25, 0.3) is 5.52 Å². The summed E-state index contributed by atoms with van der Waals surface area (Å²) in [5, 5.41) is 36.4. The Morgan fingerprint density at radius 2 is 2.07 bits per heavy atom. The summed E-state index contributed by atoms with van der Waals surface area (Å²) >= 11 is 0. The lowest BCUT2D eigenvalue weighted by atomic mass is 9.96. The highest BCUT2D eigenvalue weighted by molar-refractivity contribution is 7.51. The molecule has 0 spiro atoms. The largest absolute Gasteiger partial charge is 0.465 e. The molecule has 4 N–H and O–H groups in total. The highest BCUT2D eigenvalue weighted by Crippen LogP contribution is 2.56. The van der Waals surface area contributed by atoms with Crippen LogP contribution in [0.2, 0.25) is 0 Å². The van der Waals surface area contributed by atoms with Gasteiger partial charge < -0.3 is 29.9 Å². The van der Waals surface area contributed by atoms with Gasteiger partial charge in [-0.25, -0.2) is 14.1 Å². The Bertz CT molecular complexity index is 1500. The van der Waals surface area contributed by atoms with E-state index in [0.717, 1.165) is 6.42 Å². The molecule has 42 heavy (non-hydrogen) atoms. The molecule has 2 aliphatic heterocycles. The lowest BCUT2D eigenvalue weighted by molar-refractivity contribution is -0.148. The molecule has 1 unspecified atom stereocenters. The van der Waals surface area contributed by atoms with Crippen molar-refractivity contribution in [1.82, 2.24) is 19.3 Å². The number of nitriles is 1. The molecule has 2 aromatic heterocycles. The monoisotopic (exact) mass is 600 g/mol. The van der Waals surface area contributed by atoms with Gasteiger partial charge in [0.15, 0.2) is 5.82 Å². The maximum absolute atomic E-state index is 14.5. The maximum Gasteiger partial charge on any atom is 0.462 e. The minimum atomic E-state index is -4.35. The summed E-state index contributed by atoms with van der Waals surface area (Å²) in [6.07, 6.45) is -0.928. The van der Waals surface area contributed by atoms with Gasteiger partial charge in [0.25, 0.3) is 0 Å². The zero-order chi connectivity index (χ0) is 29.9. The minimum Gasteiger partial charge on any atom is -0.465 e. The number of para-hydroxylation sites is 1. The van der Waals surface area contributed by atoms with Crippen LogP contribution in [-0.4, -0.2) is 79.1 Å². The SMILES string of the molecule is CCCCOC(=O)[C@@H]1CCCN1P(=O)(OC[C@@]1(C#N)O[C@@H](c2ccc3c(N)ncnn23)[C@H](O)[C@@H]1O)Oc1ccccc1. The quantitative estimate of drug-likeness (QED) is 0.165. The van der Waals surface area contributed by atoms with Crippen LogP contribution in [0.1, 0.15) is 44.4 Å². The van der Waals surface area contributed by atoms with E-state index in [4.69, 9.17) is 24.3 Å². The number of rotatable bonds is 11. The van der Waals surface area contributed by atoms with Gasteiger partial charge in [-0.15, -0.1) is 0 Å². The topological polar surface area (TPSA) is 195 Å². The fraction of sp³-hybridized carbons (Fsp3) is 0.481. The highest BCUT2D eigenvalue weighted by Gasteiger charge is 2.58. The van der Waals surface area contributed by atoms with Crippen molar-refractivity contribution in [1.29, 1.82) is 5.26 Å². The smallest absolute Gasteiger partial charge is 0.462 e. The summed E-state index contributed by atoms with van der Waals surface area (Å²) in [5.74, 6) is -0.156. The third-order valence-electron chi connectivity index (χ3n) is 7.40. The Kier molecular flexibility index (Phi) is 8.79. The summed E-state index contributed by atoms with van der Waals surface area (Å²) in [6, 6.07) is 12.5. The zero-order valence-corrected chi connectivity index (χ0v) is 23.9. The number of esters is 1. The van der Waals surface area contributed by atoms with Crippen molar-refractivity contribution >= 4 is 25.1 Å². The van der Waals surface area contributed by atoms with Gasteiger partial charge in [0.1, 0.15) is 54.6 Å². The molecule has 0 aliphatic carbocycles. The number of nitrogens with two attached hydrogens (primary N) is 1. The Morgan fingerprint density at radius 1 is 1.29 bits per heavy atom. The van der Waals surface area contributed by atoms with Crippen LogP contribution in [-0.2, 0) is 23.4 Å². The number of aliphatic hydroxyl groups is 2. The summed E-state index contributed by atoms with van der Waals surface area (Å²) in [6.45, 7) is 1.64. The van der Waals surface area contributed by atoms with Crippen LogP contribution in [0, 0.1) is 11.3 Å². The van der Waals surface area contributed by atoms with E-state index in [0.29, 0.717) is 30.5 Å². The number of aromatic nitrogens is 3. The van der Waals surface area contributed by atoms with Gasteiger partial charge in [0.2, 0.25) is 5.60 Å². The van der Waals surface area contributed by atoms with E-state index >= 15 is 0 Å². The number of unbranched alkanes of at least 4 members (excludes halogenated alkanes) is 1. The van der Waals surface area contributed by atoms with Crippen molar-refractivity contribution in [3.63, 3.8) is 0 Å². The molecule has 0 bridgehead atoms. The van der Waals surface area contributed by atoms with Crippen molar-refractivity contribution in [2.75, 3.05) is 25.5 Å². The van der Waals surface area contributed by atoms with E-state index in [1.165, 1.54) is 15.5 Å². The first-order valence-electron chi connectivity index (χ1n) is 13.7. The van der Waals surface area contributed by atoms with Crippen LogP contribution in [0.4, 0.5) is 5.82 Å². The fourth-order valence-corrected chi connectivity index (χ4v) is 7.10. The summed E-state index contributed by atoms with van der Waals surface area (Å²) in [7, 11) is -4.35. The van der Waals surface area contributed by atoms with E-state index in [2.05, 4.69) is 10.1 Å². The van der Waals surface area contributed by atoms with E-state index in [9.17, 15) is 24.8 Å². The fourth-order valence-electron chi connectivity index (χ4n) is 5.12. The third-order valence-corrected chi connectivity index (χ3v) is 9.41. The molecule has 5 rings (SSSR count). The molecule has 3 aromatic rings. The second-order valence-corrected chi connectivity index (χ2v) is 12.1. The number of aliphatic hydroxyl groups excluding tert-OH is 2. The molecule has 4 heterocycles. The number of fused-ring (bicyclic) bond motifs is 1. The molecular formula is C27H33N6O8P. The van der Waals surface area contributed by atoms with Crippen LogP contribution >= 0.6 is 7.75 Å². The Balaban J connectivity index is 1.42. The molecule has 0 saturated carbocycles. The molecule has 1 aromatic carbocycles. The van der Waals surface area contributed by atoms with Crippen molar-refractivity contribution in [3.8, 4) is 11.8 Å². The molecule has 2 saturated heterocycles. The number of anilines is 1. The number of hydrogen-bond donors (Lipinski definition) is 3. The summed E-state index contributed by atoms with van der Waals surface area (Å²) in [5.41, 5.74) is 4.51. The average Bonchev–Trinajstić information content (AvgIpc) is 3.72. The number of ether oxygens (including phenoxy) is 2. The van der Waals surface area contributed by atoms with Crippen molar-refractivity contribution in [2.45, 2.75) is 62.6 Å². The van der Waals surface area contributed by atoms with Gasteiger partial charge >= 0.3 is 13.7 Å². The molecule has 2 fully saturated rings. The lowest BCUT2D eigenvalue weighted by Crippen LogP contribution is -2.46. The average molecular weight is 601 g/mol. The molecular weight excluding hydrogens is 567 g/mol. The van der Waals surface area contributed by atoms with Crippen molar-refractivity contribution in [3.05, 3.63) is 54.5 Å². The van der Waals surface area contributed by atoms with Gasteiger partial charge in [-0.3, -0.25) is 9.32 Å². The summed E-state index contributed by atoms with van der Waals surface area (Å²) in [4.78, 5) is 16.9. The predicted molar refractivity (Wildman–Crippen MR) is 148 cm³/mol. The van der Waals surface area contributed by atoms with E-state index in [1.807, 2.05) is 13.0 Å². The normalized spacial score (nSPS) is 27.5. The van der Waals surface area contributed by atoms with Gasteiger partial charge in [-0.2, -0.15) is 15.0 Å². The highest BCUT2D eigenvalue weighted by atomic mass is 31.2. The standard InChI is InChI=1S/C27H33N6O8P/c1-2-3-14-38-26(36)21-10-7-13-32(21)42(37,41-18-8-5-4-6-9-18)39-16-27(15-28)24(35)22(34)23(40-27)19-11-12-20-25(29)30-17-31-33(19)20/h4-6,8-9,11-12,17,21-24,34-35H,2-3,7,10,13-14,16H2,1H3,(H2,29,30,31)/t21-,22-,23-,24-,27+,42?/m0/s1. The Hall–Kier alpha value is -3.57. The van der Waals surface area contributed by atoms with Gasteiger partial charge in [-0.1, -0.05) is 31.5 Å². The predicted octanol–water partition coefficient (Wildman–Crippen LogP) is 2.38.